The van der Waals surface area contributed by atoms with Crippen LogP contribution in [-0.4, -0.2) is 33.3 Å². The Morgan fingerprint density at radius 3 is 2.38 bits per heavy atom. The first-order chi connectivity index (χ1) is 19.1. The third-order valence-electron chi connectivity index (χ3n) is 6.35. The number of carboxylic acid groups (broad SMARTS) is 1. The summed E-state index contributed by atoms with van der Waals surface area (Å²) in [5, 5.41) is 28.4. The normalized spacial score (nSPS) is 13.1. The molecule has 0 aliphatic carbocycles. The van der Waals surface area contributed by atoms with Crippen LogP contribution < -0.4 is 10.6 Å². The summed E-state index contributed by atoms with van der Waals surface area (Å²) in [6.07, 6.45) is -0.212. The van der Waals surface area contributed by atoms with Crippen LogP contribution in [-0.2, 0) is 21.6 Å². The molecule has 0 aliphatic heterocycles. The highest BCUT2D eigenvalue weighted by atomic mass is 19.1. The van der Waals surface area contributed by atoms with E-state index in [9.17, 15) is 29.0 Å². The molecule has 0 aliphatic rings. The predicted molar refractivity (Wildman–Crippen MR) is 141 cm³/mol. The summed E-state index contributed by atoms with van der Waals surface area (Å²) in [5.74, 6) is -2.41. The number of ether oxygens (including phenoxy) is 1. The second-order valence-electron chi connectivity index (χ2n) is 9.12. The molecule has 2 atom stereocenters. The number of aliphatic carboxylic acids is 1. The van der Waals surface area contributed by atoms with Crippen LogP contribution >= 0.6 is 0 Å². The Bertz CT molecular complexity index is 1520. The lowest BCUT2D eigenvalue weighted by atomic mass is 9.91. The first-order valence-corrected chi connectivity index (χ1v) is 12.2. The van der Waals surface area contributed by atoms with Crippen molar-refractivity contribution in [2.45, 2.75) is 32.0 Å². The fourth-order valence-electron chi connectivity index (χ4n) is 3.98. The Hall–Kier alpha value is -5.19. The van der Waals surface area contributed by atoms with Crippen LogP contribution in [0.2, 0.25) is 0 Å². The molecule has 1 aromatic heterocycles. The van der Waals surface area contributed by atoms with Crippen molar-refractivity contribution < 1.29 is 38.2 Å². The summed E-state index contributed by atoms with van der Waals surface area (Å²) in [7, 11) is 0. The number of benzene rings is 3. The number of nitrogens with zero attached hydrogens (tertiary/aromatic N) is 1. The molecule has 4 N–H and O–H groups in total. The fourth-order valence-corrected chi connectivity index (χ4v) is 3.98. The molecule has 2 amide bonds. The molecule has 0 fully saturated rings. The molecule has 4 rings (SSSR count). The highest BCUT2D eigenvalue weighted by molar-refractivity contribution is 5.98. The van der Waals surface area contributed by atoms with Gasteiger partial charge in [0.1, 0.15) is 29.6 Å². The van der Waals surface area contributed by atoms with E-state index < -0.39 is 35.4 Å². The van der Waals surface area contributed by atoms with E-state index in [4.69, 9.17) is 9.26 Å². The Kier molecular flexibility index (Phi) is 8.13. The molecular weight excluding hydrogens is 521 g/mol. The van der Waals surface area contributed by atoms with Gasteiger partial charge in [-0.05, 0) is 49.7 Å². The number of phenolic OH excluding ortho intramolecular Hbond substituents is 1. The van der Waals surface area contributed by atoms with Gasteiger partial charge in [0.05, 0.1) is 6.54 Å². The number of halogens is 1. The minimum absolute atomic E-state index is 0.00743. The lowest BCUT2D eigenvalue weighted by molar-refractivity contribution is -0.144. The van der Waals surface area contributed by atoms with Crippen LogP contribution in [0, 0.1) is 5.82 Å². The van der Waals surface area contributed by atoms with E-state index in [-0.39, 0.29) is 29.0 Å². The summed E-state index contributed by atoms with van der Waals surface area (Å²) in [6, 6.07) is 17.7. The Morgan fingerprint density at radius 1 is 1.05 bits per heavy atom. The average Bonchev–Trinajstić information content (AvgIpc) is 3.41. The maximum Gasteiger partial charge on any atom is 0.408 e. The third kappa shape index (κ3) is 6.09. The topological polar surface area (TPSA) is 151 Å². The minimum Gasteiger partial charge on any atom is -0.508 e. The highest BCUT2D eigenvalue weighted by Crippen LogP contribution is 2.26. The smallest absolute Gasteiger partial charge is 0.408 e. The number of carbonyl (C=O) groups is 3. The van der Waals surface area contributed by atoms with Crippen molar-refractivity contribution in [3.63, 3.8) is 0 Å². The summed E-state index contributed by atoms with van der Waals surface area (Å²) in [6.45, 7) is 2.92. The van der Waals surface area contributed by atoms with E-state index in [1.807, 2.05) is 0 Å². The number of nitrogens with one attached hydrogen (secondary N) is 2. The van der Waals surface area contributed by atoms with Crippen molar-refractivity contribution in [3.8, 4) is 17.0 Å². The number of hydrogen-bond acceptors (Lipinski definition) is 7. The summed E-state index contributed by atoms with van der Waals surface area (Å²) in [4.78, 5) is 37.2. The van der Waals surface area contributed by atoms with Crippen molar-refractivity contribution in [1.29, 1.82) is 0 Å². The van der Waals surface area contributed by atoms with E-state index in [0.29, 0.717) is 16.8 Å². The van der Waals surface area contributed by atoms with Crippen LogP contribution in [0.3, 0.4) is 0 Å². The number of alkyl carbamates (subject to hydrolysis) is 1. The zero-order chi connectivity index (χ0) is 28.9. The monoisotopic (exact) mass is 547 g/mol. The molecule has 206 valence electrons. The molecule has 4 aromatic rings. The van der Waals surface area contributed by atoms with Crippen molar-refractivity contribution >= 4 is 18.0 Å². The van der Waals surface area contributed by atoms with Gasteiger partial charge in [0, 0.05) is 22.3 Å². The number of rotatable bonds is 9. The first kappa shape index (κ1) is 27.8. The quantitative estimate of drug-likeness (QED) is 0.231. The largest absolute Gasteiger partial charge is 0.508 e. The molecule has 10 nitrogen and oxygen atoms in total. The van der Waals surface area contributed by atoms with Gasteiger partial charge in [0.25, 0.3) is 5.91 Å². The second-order valence-corrected chi connectivity index (χ2v) is 9.12. The molecule has 0 bridgehead atoms. The van der Waals surface area contributed by atoms with Crippen molar-refractivity contribution in [2.75, 3.05) is 0 Å². The second kappa shape index (κ2) is 11.7. The SMILES string of the molecule is CC(OC(=O)NCc1conc1-c1ccc(C(=O)NC(C)(C(=O)O)c2ccc(O)cc2)cc1)c1ccccc1F. The van der Waals surface area contributed by atoms with Crippen molar-refractivity contribution in [1.82, 2.24) is 15.8 Å². The molecule has 3 aromatic carbocycles. The van der Waals surface area contributed by atoms with Crippen molar-refractivity contribution in [3.05, 3.63) is 107 Å². The summed E-state index contributed by atoms with van der Waals surface area (Å²) >= 11 is 0. The van der Waals surface area contributed by atoms with E-state index in [1.54, 1.807) is 31.2 Å². The van der Waals surface area contributed by atoms with Crippen molar-refractivity contribution in [2.24, 2.45) is 0 Å². The molecule has 1 heterocycles. The van der Waals surface area contributed by atoms with E-state index >= 15 is 0 Å². The molecule has 40 heavy (non-hydrogen) atoms. The lowest BCUT2D eigenvalue weighted by Crippen LogP contribution is -2.49. The standard InChI is InChI=1S/C29H26FN3O7/c1-17(23-5-3-4-6-24(23)30)40-28(38)31-15-20-16-39-33-25(20)18-7-9-19(10-8-18)26(35)32-29(2,27(36)37)21-11-13-22(34)14-12-21/h3-14,16-17,34H,15H2,1-2H3,(H,31,38)(H,32,35)(H,36,37). The minimum atomic E-state index is -1.74. The molecule has 0 saturated carbocycles. The van der Waals surface area contributed by atoms with Gasteiger partial charge in [-0.25, -0.2) is 14.0 Å². The lowest BCUT2D eigenvalue weighted by Gasteiger charge is -2.27. The number of phenols is 1. The predicted octanol–water partition coefficient (Wildman–Crippen LogP) is 4.90. The van der Waals surface area contributed by atoms with E-state index in [0.717, 1.165) is 0 Å². The zero-order valence-electron chi connectivity index (χ0n) is 21.6. The average molecular weight is 548 g/mol. The van der Waals surface area contributed by atoms with Gasteiger partial charge in [0.2, 0.25) is 0 Å². The van der Waals surface area contributed by atoms with E-state index in [1.165, 1.54) is 61.7 Å². The molecular formula is C29H26FN3O7. The Labute approximate surface area is 228 Å². The number of hydrogen-bond donors (Lipinski definition) is 4. The van der Waals surface area contributed by atoms with Gasteiger partial charge in [-0.2, -0.15) is 0 Å². The first-order valence-electron chi connectivity index (χ1n) is 12.2. The van der Waals surface area contributed by atoms with Gasteiger partial charge in [-0.3, -0.25) is 4.79 Å². The number of aromatic hydroxyl groups is 1. The van der Waals surface area contributed by atoms with Gasteiger partial charge < -0.3 is 30.1 Å². The van der Waals surface area contributed by atoms with Gasteiger partial charge in [-0.1, -0.05) is 47.6 Å². The number of amides is 2. The van der Waals surface area contributed by atoms with Crippen LogP contribution in [0.1, 0.15) is 47.0 Å². The number of carboxylic acids is 1. The van der Waals surface area contributed by atoms with Crippen LogP contribution in [0.25, 0.3) is 11.3 Å². The molecule has 0 radical (unpaired) electrons. The van der Waals surface area contributed by atoms with Gasteiger partial charge in [0.15, 0.2) is 5.54 Å². The third-order valence-corrected chi connectivity index (χ3v) is 6.35. The number of carbonyl (C=O) groups excluding carboxylic acids is 2. The summed E-state index contributed by atoms with van der Waals surface area (Å²) in [5.41, 5.74) is 0.502. The maximum atomic E-state index is 13.9. The molecule has 11 heteroatoms. The van der Waals surface area contributed by atoms with Gasteiger partial charge in [-0.15, -0.1) is 0 Å². The van der Waals surface area contributed by atoms with Crippen LogP contribution in [0.15, 0.2) is 83.6 Å². The van der Waals surface area contributed by atoms with E-state index in [2.05, 4.69) is 15.8 Å². The molecule has 0 spiro atoms. The highest BCUT2D eigenvalue weighted by Gasteiger charge is 2.37. The maximum absolute atomic E-state index is 13.9. The zero-order valence-corrected chi connectivity index (χ0v) is 21.6. The molecule has 2 unspecified atom stereocenters. The van der Waals surface area contributed by atoms with Crippen LogP contribution in [0.5, 0.6) is 5.75 Å². The molecule has 0 saturated heterocycles. The van der Waals surface area contributed by atoms with Crippen LogP contribution in [0.4, 0.5) is 9.18 Å². The number of aromatic nitrogens is 1. The summed E-state index contributed by atoms with van der Waals surface area (Å²) < 4.78 is 24.3. The Balaban J connectivity index is 1.41. The van der Waals surface area contributed by atoms with Gasteiger partial charge >= 0.3 is 12.1 Å². The Morgan fingerprint density at radius 2 is 1.73 bits per heavy atom. The fraction of sp³-hybridized carbons (Fsp3) is 0.172.